The van der Waals surface area contributed by atoms with E-state index >= 15 is 0 Å². The van der Waals surface area contributed by atoms with E-state index in [2.05, 4.69) is 10.6 Å². The van der Waals surface area contributed by atoms with E-state index in [1.807, 2.05) is 0 Å². The van der Waals surface area contributed by atoms with Gasteiger partial charge < -0.3 is 20.3 Å². The summed E-state index contributed by atoms with van der Waals surface area (Å²) in [6.07, 6.45) is -4.72. The third-order valence-electron chi connectivity index (χ3n) is 4.56. The zero-order chi connectivity index (χ0) is 18.9. The van der Waals surface area contributed by atoms with Gasteiger partial charge in [-0.3, -0.25) is 9.59 Å². The van der Waals surface area contributed by atoms with Gasteiger partial charge in [0.15, 0.2) is 0 Å². The van der Waals surface area contributed by atoms with Gasteiger partial charge in [-0.15, -0.1) is 0 Å². The molecule has 2 aliphatic heterocycles. The number of nitrogens with one attached hydrogen (secondary N) is 2. The first kappa shape index (κ1) is 18.7. The number of ether oxygens (including phenoxy) is 1. The zero-order valence-corrected chi connectivity index (χ0v) is 14.2. The molecule has 2 amide bonds. The summed E-state index contributed by atoms with van der Waals surface area (Å²) in [6, 6.07) is 3.65. The summed E-state index contributed by atoms with van der Waals surface area (Å²) >= 11 is 0. The Morgan fingerprint density at radius 2 is 2.15 bits per heavy atom. The molecule has 2 saturated heterocycles. The maximum atomic E-state index is 12.9. The van der Waals surface area contributed by atoms with Crippen molar-refractivity contribution in [1.29, 1.82) is 0 Å². The lowest BCUT2D eigenvalue weighted by Crippen LogP contribution is -2.57. The second-order valence-corrected chi connectivity index (χ2v) is 6.47. The smallest absolute Gasteiger partial charge is 0.375 e. The molecule has 0 bridgehead atoms. The van der Waals surface area contributed by atoms with Crippen molar-refractivity contribution in [3.8, 4) is 0 Å². The molecule has 0 aromatic heterocycles. The summed E-state index contributed by atoms with van der Waals surface area (Å²) in [7, 11) is 0. The predicted octanol–water partition coefficient (Wildman–Crippen LogP) is 1.30. The highest BCUT2D eigenvalue weighted by Crippen LogP contribution is 2.32. The van der Waals surface area contributed by atoms with Gasteiger partial charge in [0.2, 0.25) is 11.8 Å². The molecule has 9 heteroatoms. The van der Waals surface area contributed by atoms with Crippen LogP contribution in [-0.4, -0.2) is 49.7 Å². The number of morpholine rings is 1. The van der Waals surface area contributed by atoms with E-state index in [-0.39, 0.29) is 36.6 Å². The van der Waals surface area contributed by atoms with Crippen LogP contribution in [0.2, 0.25) is 0 Å². The highest BCUT2D eigenvalue weighted by molar-refractivity contribution is 5.97. The number of benzene rings is 1. The molecule has 2 N–H and O–H groups in total. The average Bonchev–Trinajstić information content (AvgIpc) is 2.95. The number of hydrogen-bond acceptors (Lipinski definition) is 4. The highest BCUT2D eigenvalue weighted by Gasteiger charge is 2.36. The fourth-order valence-electron chi connectivity index (χ4n) is 3.22. The van der Waals surface area contributed by atoms with Crippen LogP contribution in [0.4, 0.5) is 18.9 Å². The molecule has 6 nitrogen and oxygen atoms in total. The minimum Gasteiger partial charge on any atom is -0.375 e. The van der Waals surface area contributed by atoms with E-state index in [0.29, 0.717) is 13.2 Å². The van der Waals surface area contributed by atoms with E-state index in [0.717, 1.165) is 12.1 Å². The zero-order valence-electron chi connectivity index (χ0n) is 14.2. The predicted molar refractivity (Wildman–Crippen MR) is 87.5 cm³/mol. The number of anilines is 1. The molecular formula is C17H20F3N3O3. The van der Waals surface area contributed by atoms with Crippen LogP contribution in [0.3, 0.4) is 0 Å². The van der Waals surface area contributed by atoms with Gasteiger partial charge in [-0.25, -0.2) is 0 Å². The van der Waals surface area contributed by atoms with Crippen LogP contribution in [0, 0.1) is 0 Å². The third kappa shape index (κ3) is 3.99. The molecule has 26 heavy (non-hydrogen) atoms. The molecule has 3 rings (SSSR count). The minimum absolute atomic E-state index is 0.0456. The number of carbonyl (C=O) groups excluding carboxylic acids is 2. The van der Waals surface area contributed by atoms with Crippen LogP contribution in [-0.2, 0) is 20.5 Å². The van der Waals surface area contributed by atoms with Gasteiger partial charge in [-0.2, -0.15) is 13.2 Å². The Balaban J connectivity index is 1.66. The Bertz CT molecular complexity index is 695. The van der Waals surface area contributed by atoms with Gasteiger partial charge in [-0.05, 0) is 25.1 Å². The van der Waals surface area contributed by atoms with E-state index in [1.165, 1.54) is 17.0 Å². The average molecular weight is 371 g/mol. The first-order valence-corrected chi connectivity index (χ1v) is 8.38. The van der Waals surface area contributed by atoms with Gasteiger partial charge in [0.05, 0.1) is 24.3 Å². The number of alkyl halides is 3. The lowest BCUT2D eigenvalue weighted by molar-refractivity contribution is -0.137. The number of halogens is 3. The number of amides is 2. The molecule has 1 aromatic carbocycles. The van der Waals surface area contributed by atoms with Crippen LogP contribution in [0.25, 0.3) is 0 Å². The van der Waals surface area contributed by atoms with E-state index in [9.17, 15) is 22.8 Å². The maximum Gasteiger partial charge on any atom is 0.416 e. The molecule has 0 spiro atoms. The monoisotopic (exact) mass is 371 g/mol. The number of rotatable bonds is 3. The third-order valence-corrected chi connectivity index (χ3v) is 4.56. The Morgan fingerprint density at radius 1 is 1.38 bits per heavy atom. The van der Waals surface area contributed by atoms with Crippen molar-refractivity contribution in [2.45, 2.75) is 37.7 Å². The van der Waals surface area contributed by atoms with E-state index in [1.54, 1.807) is 6.92 Å². The topological polar surface area (TPSA) is 70.7 Å². The van der Waals surface area contributed by atoms with Gasteiger partial charge >= 0.3 is 6.18 Å². The molecule has 0 aliphatic carbocycles. The van der Waals surface area contributed by atoms with Crippen LogP contribution in [0.15, 0.2) is 24.3 Å². The Kier molecular flexibility index (Phi) is 5.19. The number of hydrogen-bond donors (Lipinski definition) is 2. The van der Waals surface area contributed by atoms with Crippen molar-refractivity contribution in [2.24, 2.45) is 0 Å². The molecular weight excluding hydrogens is 351 g/mol. The first-order valence-electron chi connectivity index (χ1n) is 8.38. The molecule has 1 aromatic rings. The van der Waals surface area contributed by atoms with E-state index < -0.39 is 23.8 Å². The SMILES string of the molecule is C[C@H]1OCCN[C@@H]1C(=O)NC1CC(=O)N(c2cccc(C(F)(F)F)c2)C1. The number of carbonyl (C=O) groups is 2. The standard InChI is InChI=1S/C17H20F3N3O3/c1-10-15(21-5-6-26-10)16(25)22-12-8-14(24)23(9-12)13-4-2-3-11(7-13)17(18,19)20/h2-4,7,10,12,15,21H,5-6,8-9H2,1H3,(H,22,25)/t10-,12?,15+/m1/s1. The fourth-order valence-corrected chi connectivity index (χ4v) is 3.22. The van der Waals surface area contributed by atoms with Crippen molar-refractivity contribution in [2.75, 3.05) is 24.6 Å². The summed E-state index contributed by atoms with van der Waals surface area (Å²) < 4.78 is 44.0. The minimum atomic E-state index is -4.48. The second kappa shape index (κ2) is 7.24. The van der Waals surface area contributed by atoms with Crippen LogP contribution < -0.4 is 15.5 Å². The molecule has 0 radical (unpaired) electrons. The number of nitrogens with zero attached hydrogens (tertiary/aromatic N) is 1. The Morgan fingerprint density at radius 3 is 2.85 bits per heavy atom. The van der Waals surface area contributed by atoms with Crippen LogP contribution in [0.1, 0.15) is 18.9 Å². The summed E-state index contributed by atoms with van der Waals surface area (Å²) in [5, 5.41) is 5.85. The van der Waals surface area contributed by atoms with Crippen LogP contribution >= 0.6 is 0 Å². The quantitative estimate of drug-likeness (QED) is 0.841. The molecule has 2 fully saturated rings. The Labute approximate surface area is 148 Å². The summed E-state index contributed by atoms with van der Waals surface area (Å²) in [6.45, 7) is 3.00. The molecule has 1 unspecified atom stereocenters. The summed E-state index contributed by atoms with van der Waals surface area (Å²) in [5.41, 5.74) is -0.637. The van der Waals surface area contributed by atoms with Crippen molar-refractivity contribution < 1.29 is 27.5 Å². The summed E-state index contributed by atoms with van der Waals surface area (Å²) in [4.78, 5) is 25.9. The Hall–Kier alpha value is -2.13. The first-order chi connectivity index (χ1) is 12.3. The fraction of sp³-hybridized carbons (Fsp3) is 0.529. The van der Waals surface area contributed by atoms with Gasteiger partial charge in [-0.1, -0.05) is 6.07 Å². The van der Waals surface area contributed by atoms with Gasteiger partial charge in [0.25, 0.3) is 0 Å². The highest BCUT2D eigenvalue weighted by atomic mass is 19.4. The lowest BCUT2D eigenvalue weighted by atomic mass is 10.1. The van der Waals surface area contributed by atoms with Crippen LogP contribution in [0.5, 0.6) is 0 Å². The molecule has 2 aliphatic rings. The summed E-state index contributed by atoms with van der Waals surface area (Å²) in [5.74, 6) is -0.601. The molecule has 142 valence electrons. The molecule has 3 atom stereocenters. The van der Waals surface area contributed by atoms with Gasteiger partial charge in [0.1, 0.15) is 6.04 Å². The molecule has 0 saturated carbocycles. The largest absolute Gasteiger partial charge is 0.416 e. The second-order valence-electron chi connectivity index (χ2n) is 6.47. The maximum absolute atomic E-state index is 12.9. The van der Waals surface area contributed by atoms with Crippen molar-refractivity contribution in [1.82, 2.24) is 10.6 Å². The lowest BCUT2D eigenvalue weighted by Gasteiger charge is -2.30. The molecule has 2 heterocycles. The van der Waals surface area contributed by atoms with Crippen molar-refractivity contribution >= 4 is 17.5 Å². The van der Waals surface area contributed by atoms with Crippen molar-refractivity contribution in [3.63, 3.8) is 0 Å². The normalized spacial score (nSPS) is 26.8. The van der Waals surface area contributed by atoms with Gasteiger partial charge in [0, 0.05) is 25.2 Å². The van der Waals surface area contributed by atoms with E-state index in [4.69, 9.17) is 4.74 Å². The van der Waals surface area contributed by atoms with Crippen molar-refractivity contribution in [3.05, 3.63) is 29.8 Å².